The Morgan fingerprint density at radius 2 is 0.737 bits per heavy atom. The summed E-state index contributed by atoms with van der Waals surface area (Å²) in [5.74, 6) is 0. The zero-order valence-electron chi connectivity index (χ0n) is 27.9. The molecule has 5 heteroatoms. The molecule has 0 aromatic heterocycles. The molecular formula is C33H74OSi4. The molecule has 2 radical (unpaired) electrons. The van der Waals surface area contributed by atoms with Gasteiger partial charge in [0.2, 0.25) is 9.76 Å². The van der Waals surface area contributed by atoms with Crippen molar-refractivity contribution < 1.29 is 4.12 Å². The number of rotatable bonds is 30. The number of hydrogen-bond acceptors (Lipinski definition) is 1. The van der Waals surface area contributed by atoms with Crippen LogP contribution < -0.4 is 0 Å². The maximum atomic E-state index is 5.80. The largest absolute Gasteiger partial charge is 0.459 e. The van der Waals surface area contributed by atoms with E-state index in [0.29, 0.717) is 0 Å². The summed E-state index contributed by atoms with van der Waals surface area (Å²) < 4.78 is 5.80. The van der Waals surface area contributed by atoms with Crippen LogP contribution in [0, 0.1) is 0 Å². The second-order valence-corrected chi connectivity index (χ2v) is 28.9. The van der Waals surface area contributed by atoms with Crippen molar-refractivity contribution in [3.63, 3.8) is 0 Å². The van der Waals surface area contributed by atoms with Gasteiger partial charge in [-0.05, 0) is 19.1 Å². The van der Waals surface area contributed by atoms with E-state index in [2.05, 4.69) is 46.2 Å². The first kappa shape index (κ1) is 38.8. The van der Waals surface area contributed by atoms with Gasteiger partial charge in [0.25, 0.3) is 0 Å². The minimum Gasteiger partial charge on any atom is -0.459 e. The lowest BCUT2D eigenvalue weighted by Crippen LogP contribution is -2.24. The first-order valence-electron chi connectivity index (χ1n) is 17.6. The molecule has 0 fully saturated rings. The quantitative estimate of drug-likeness (QED) is 0.0590. The third-order valence-electron chi connectivity index (χ3n) is 8.62. The van der Waals surface area contributed by atoms with E-state index >= 15 is 0 Å². The molecule has 0 unspecified atom stereocenters. The Balaban J connectivity index is 3.50. The zero-order valence-corrected chi connectivity index (χ0v) is 32.0. The van der Waals surface area contributed by atoms with Gasteiger partial charge in [0.05, 0.1) is 0 Å². The van der Waals surface area contributed by atoms with E-state index in [1.165, 1.54) is 141 Å². The van der Waals surface area contributed by atoms with Crippen LogP contribution in [0.3, 0.4) is 0 Å². The number of hydrogen-bond donors (Lipinski definition) is 0. The van der Waals surface area contributed by atoms with Crippen LogP contribution in [-0.2, 0) is 4.12 Å². The van der Waals surface area contributed by atoms with Crippen molar-refractivity contribution >= 4 is 35.0 Å². The fraction of sp³-hybridized carbons (Fsp3) is 1.00. The second-order valence-electron chi connectivity index (χ2n) is 14.5. The number of unbranched alkanes of at least 4 members (excludes halogenated alkanes) is 18. The Hall–Kier alpha value is 0.828. The minimum atomic E-state index is -0.936. The third kappa shape index (κ3) is 29.8. The Morgan fingerprint density at radius 3 is 1.05 bits per heavy atom. The van der Waals surface area contributed by atoms with Crippen molar-refractivity contribution in [2.75, 3.05) is 0 Å². The third-order valence-corrected chi connectivity index (χ3v) is 18.6. The van der Waals surface area contributed by atoms with Gasteiger partial charge in [0, 0.05) is 16.1 Å². The summed E-state index contributed by atoms with van der Waals surface area (Å²) in [6.45, 7) is 17.5. The van der Waals surface area contributed by atoms with E-state index in [4.69, 9.17) is 4.12 Å². The molecule has 0 N–H and O–H groups in total. The van der Waals surface area contributed by atoms with Crippen molar-refractivity contribution in [1.82, 2.24) is 0 Å². The molecule has 0 saturated heterocycles. The van der Waals surface area contributed by atoms with Crippen LogP contribution in [0.2, 0.25) is 69.5 Å². The molecular weight excluding hydrogens is 525 g/mol. The molecule has 0 saturated carbocycles. The van der Waals surface area contributed by atoms with Gasteiger partial charge in [-0.2, -0.15) is 0 Å². The smallest absolute Gasteiger partial charge is 0.214 e. The van der Waals surface area contributed by atoms with Crippen LogP contribution in [0.15, 0.2) is 0 Å². The van der Waals surface area contributed by atoms with Gasteiger partial charge in [-0.1, -0.05) is 192 Å². The Bertz CT molecular complexity index is 482. The maximum absolute atomic E-state index is 5.80. The molecule has 0 bridgehead atoms. The van der Waals surface area contributed by atoms with Crippen LogP contribution in [0.1, 0.15) is 142 Å². The maximum Gasteiger partial charge on any atom is 0.214 e. The summed E-state index contributed by atoms with van der Waals surface area (Å²) in [4.78, 5) is 0. The SMILES string of the molecule is CCCCCCCCCCC[Si](C)(C)CCCCCCCC[Si](C)(C)CCCCCCCC[Si]O[SiH](C)C. The van der Waals surface area contributed by atoms with Crippen LogP contribution in [-0.4, -0.2) is 35.0 Å². The molecule has 0 amide bonds. The van der Waals surface area contributed by atoms with E-state index in [1.54, 1.807) is 24.2 Å². The Labute approximate surface area is 249 Å². The molecule has 0 aliphatic rings. The topological polar surface area (TPSA) is 9.23 Å². The summed E-state index contributed by atoms with van der Waals surface area (Å²) in [6.07, 6.45) is 31.0. The summed E-state index contributed by atoms with van der Waals surface area (Å²) >= 11 is 0. The van der Waals surface area contributed by atoms with Crippen molar-refractivity contribution in [1.29, 1.82) is 0 Å². The van der Waals surface area contributed by atoms with Gasteiger partial charge in [0.1, 0.15) is 0 Å². The molecule has 0 atom stereocenters. The van der Waals surface area contributed by atoms with Crippen molar-refractivity contribution in [3.05, 3.63) is 0 Å². The van der Waals surface area contributed by atoms with Crippen LogP contribution >= 0.6 is 0 Å². The first-order chi connectivity index (χ1) is 18.2. The molecule has 38 heavy (non-hydrogen) atoms. The fourth-order valence-corrected chi connectivity index (χ4v) is 13.3. The molecule has 0 aliphatic carbocycles. The monoisotopic (exact) mass is 598 g/mol. The highest BCUT2D eigenvalue weighted by atomic mass is 28.3. The van der Waals surface area contributed by atoms with E-state index in [9.17, 15) is 0 Å². The Kier molecular flexibility index (Phi) is 27.3. The highest BCUT2D eigenvalue weighted by Crippen LogP contribution is 2.25. The van der Waals surface area contributed by atoms with E-state index in [0.717, 1.165) is 9.76 Å². The highest BCUT2D eigenvalue weighted by Gasteiger charge is 2.20. The summed E-state index contributed by atoms with van der Waals surface area (Å²) in [5, 5.41) is 0. The molecule has 228 valence electrons. The van der Waals surface area contributed by atoms with Gasteiger partial charge in [-0.3, -0.25) is 0 Å². The van der Waals surface area contributed by atoms with Gasteiger partial charge in [-0.25, -0.2) is 0 Å². The van der Waals surface area contributed by atoms with Gasteiger partial charge >= 0.3 is 0 Å². The molecule has 0 aromatic rings. The van der Waals surface area contributed by atoms with Gasteiger partial charge < -0.3 is 4.12 Å². The standard InChI is InChI=1S/C33H74OSi4/c1-8-9-10-11-12-13-15-20-25-30-37(4,5)32-27-22-17-18-23-28-33-38(6,7)31-26-21-16-14-19-24-29-35-34-36(2)3/h36H,8-33H2,1-7H3. The molecule has 0 rings (SSSR count). The first-order valence-corrected chi connectivity index (χ1v) is 28.3. The Morgan fingerprint density at radius 1 is 0.447 bits per heavy atom. The zero-order chi connectivity index (χ0) is 28.4. The normalized spacial score (nSPS) is 12.6. The lowest BCUT2D eigenvalue weighted by atomic mass is 10.1. The molecule has 0 aromatic carbocycles. The van der Waals surface area contributed by atoms with E-state index in [1.807, 2.05) is 0 Å². The molecule has 0 spiro atoms. The van der Waals surface area contributed by atoms with Crippen molar-refractivity contribution in [2.24, 2.45) is 0 Å². The molecule has 0 aliphatic heterocycles. The summed E-state index contributed by atoms with van der Waals surface area (Å²) in [7, 11) is -1.85. The predicted molar refractivity (Wildman–Crippen MR) is 187 cm³/mol. The summed E-state index contributed by atoms with van der Waals surface area (Å²) in [5.41, 5.74) is 0. The van der Waals surface area contributed by atoms with Crippen molar-refractivity contribution in [3.8, 4) is 0 Å². The average Bonchev–Trinajstić information content (AvgIpc) is 2.85. The van der Waals surface area contributed by atoms with Crippen molar-refractivity contribution in [2.45, 2.75) is 211 Å². The average molecular weight is 599 g/mol. The summed E-state index contributed by atoms with van der Waals surface area (Å²) in [6, 6.07) is 7.62. The van der Waals surface area contributed by atoms with Crippen LogP contribution in [0.4, 0.5) is 0 Å². The van der Waals surface area contributed by atoms with Gasteiger partial charge in [-0.15, -0.1) is 0 Å². The van der Waals surface area contributed by atoms with Crippen LogP contribution in [0.25, 0.3) is 0 Å². The van der Waals surface area contributed by atoms with E-state index < -0.39 is 25.2 Å². The fourth-order valence-electron chi connectivity index (χ4n) is 5.81. The van der Waals surface area contributed by atoms with Crippen LogP contribution in [0.5, 0.6) is 0 Å². The lowest BCUT2D eigenvalue weighted by Gasteiger charge is -2.23. The lowest BCUT2D eigenvalue weighted by molar-refractivity contribution is 0.571. The van der Waals surface area contributed by atoms with Gasteiger partial charge in [0.15, 0.2) is 9.04 Å². The second kappa shape index (κ2) is 26.7. The molecule has 1 nitrogen and oxygen atoms in total. The molecule has 0 heterocycles. The predicted octanol–water partition coefficient (Wildman–Crippen LogP) is 12.7. The van der Waals surface area contributed by atoms with E-state index in [-0.39, 0.29) is 0 Å². The minimum absolute atomic E-state index is 0.777. The highest BCUT2D eigenvalue weighted by molar-refractivity contribution is 6.77.